The fourth-order valence-corrected chi connectivity index (χ4v) is 5.54. The quantitative estimate of drug-likeness (QED) is 0.269. The number of carbonyl (C=O) groups excluding carboxylic acids is 4. The number of aromatic nitrogens is 1. The lowest BCUT2D eigenvalue weighted by Gasteiger charge is -2.38. The molecule has 3 heterocycles. The molecule has 1 aliphatic heterocycles. The van der Waals surface area contributed by atoms with Gasteiger partial charge >= 0.3 is 11.9 Å². The number of hydrogen-bond acceptors (Lipinski definition) is 9. The molecule has 6 rings (SSSR count). The van der Waals surface area contributed by atoms with Crippen molar-refractivity contribution in [1.29, 1.82) is 0 Å². The Balaban J connectivity index is 1.22. The second kappa shape index (κ2) is 12.4. The van der Waals surface area contributed by atoms with Crippen LogP contribution in [0.3, 0.4) is 0 Å². The molecule has 226 valence electrons. The molecule has 12 heteroatoms. The normalized spacial score (nSPS) is 14.2. The van der Waals surface area contributed by atoms with Crippen LogP contribution in [0, 0.1) is 0 Å². The summed E-state index contributed by atoms with van der Waals surface area (Å²) in [6, 6.07) is 12.7. The van der Waals surface area contributed by atoms with Crippen molar-refractivity contribution >= 4 is 57.7 Å². The second-order valence-corrected chi connectivity index (χ2v) is 10.9. The Morgan fingerprint density at radius 3 is 2.64 bits per heavy atom. The molecule has 2 aromatic heterocycles. The lowest BCUT2D eigenvalue weighted by atomic mass is 10.1. The first-order valence-electron chi connectivity index (χ1n) is 14.3. The average Bonchev–Trinajstić information content (AvgIpc) is 3.80. The summed E-state index contributed by atoms with van der Waals surface area (Å²) < 4.78 is 16.1. The summed E-state index contributed by atoms with van der Waals surface area (Å²) in [6.07, 6.45) is 6.38. The molecular formula is C32H29ClN4O7. The number of para-hydroxylation sites is 2. The maximum atomic E-state index is 13.9. The van der Waals surface area contributed by atoms with E-state index in [2.05, 4.69) is 15.2 Å². The van der Waals surface area contributed by atoms with Gasteiger partial charge in [-0.3, -0.25) is 19.4 Å². The van der Waals surface area contributed by atoms with Crippen molar-refractivity contribution in [3.63, 3.8) is 0 Å². The number of carbonyl (C=O) groups is 4. The number of amides is 2. The van der Waals surface area contributed by atoms with Gasteiger partial charge in [-0.25, -0.2) is 4.79 Å². The third-order valence-electron chi connectivity index (χ3n) is 7.54. The summed E-state index contributed by atoms with van der Waals surface area (Å²) in [4.78, 5) is 59.4. The minimum Gasteiger partial charge on any atom is -0.465 e. The molecule has 0 saturated heterocycles. The highest BCUT2D eigenvalue weighted by atomic mass is 35.5. The van der Waals surface area contributed by atoms with Crippen molar-refractivity contribution < 1.29 is 33.1 Å². The van der Waals surface area contributed by atoms with Crippen molar-refractivity contribution in [2.45, 2.75) is 32.2 Å². The lowest BCUT2D eigenvalue weighted by Crippen LogP contribution is -2.45. The Bertz CT molecular complexity index is 1770. The van der Waals surface area contributed by atoms with Gasteiger partial charge in [-0.15, -0.1) is 0 Å². The maximum Gasteiger partial charge on any atom is 0.345 e. The van der Waals surface area contributed by atoms with Crippen LogP contribution in [0.5, 0.6) is 5.75 Å². The van der Waals surface area contributed by atoms with Gasteiger partial charge in [-0.2, -0.15) is 0 Å². The van der Waals surface area contributed by atoms with Crippen LogP contribution in [0.2, 0.25) is 5.02 Å². The Kier molecular flexibility index (Phi) is 8.21. The Morgan fingerprint density at radius 1 is 1.07 bits per heavy atom. The van der Waals surface area contributed by atoms with Crippen LogP contribution in [0.25, 0.3) is 11.0 Å². The van der Waals surface area contributed by atoms with Crippen LogP contribution in [-0.2, 0) is 20.7 Å². The van der Waals surface area contributed by atoms with Crippen molar-refractivity contribution in [3.05, 3.63) is 82.8 Å². The molecule has 1 saturated carbocycles. The summed E-state index contributed by atoms with van der Waals surface area (Å²) in [5, 5.41) is 3.04. The zero-order valence-corrected chi connectivity index (χ0v) is 24.6. The summed E-state index contributed by atoms with van der Waals surface area (Å²) in [5.41, 5.74) is 2.80. The molecule has 11 nitrogen and oxygen atoms in total. The van der Waals surface area contributed by atoms with E-state index in [-0.39, 0.29) is 47.4 Å². The van der Waals surface area contributed by atoms with Crippen LogP contribution in [-0.4, -0.2) is 61.0 Å². The van der Waals surface area contributed by atoms with E-state index in [1.807, 2.05) is 24.3 Å². The largest absolute Gasteiger partial charge is 0.465 e. The molecule has 2 amide bonds. The molecule has 0 unspecified atom stereocenters. The number of benzene rings is 2. The number of esters is 2. The predicted molar refractivity (Wildman–Crippen MR) is 162 cm³/mol. The van der Waals surface area contributed by atoms with Crippen LogP contribution in [0.15, 0.2) is 65.5 Å². The molecule has 44 heavy (non-hydrogen) atoms. The van der Waals surface area contributed by atoms with E-state index in [1.54, 1.807) is 11.8 Å². The molecule has 2 aliphatic rings. The van der Waals surface area contributed by atoms with Gasteiger partial charge in [0.25, 0.3) is 5.91 Å². The number of hydrogen-bond donors (Lipinski definition) is 1. The van der Waals surface area contributed by atoms with Crippen LogP contribution >= 0.6 is 11.6 Å². The van der Waals surface area contributed by atoms with E-state index in [9.17, 15) is 19.2 Å². The third-order valence-corrected chi connectivity index (χ3v) is 7.86. The molecule has 0 atom stereocenters. The zero-order chi connectivity index (χ0) is 30.8. The van der Waals surface area contributed by atoms with E-state index in [1.165, 1.54) is 36.9 Å². The SMILES string of the molecule is CCOC(=O)CNC(=O)Cc1coc2cc(Cl)c(C(=O)Oc3ccncc3C(=O)N3CCN(C4CC4)c4ccccc43)cc12. The fraction of sp³-hybridized carbons (Fsp3) is 0.281. The van der Waals surface area contributed by atoms with E-state index in [0.29, 0.717) is 35.7 Å². The lowest BCUT2D eigenvalue weighted by molar-refractivity contribution is -0.143. The standard InChI is InChI=1S/C32H29ClN4O7/c1-2-42-30(39)17-35-29(38)13-19-18-43-28-15-24(33)22(14-21(19)28)32(41)44-27-9-10-34-16-23(27)31(40)37-12-11-36(20-7-8-20)25-5-3-4-6-26(25)37/h3-6,9-10,14-16,18,20H,2,7-8,11-13,17H2,1H3,(H,35,38). The summed E-state index contributed by atoms with van der Waals surface area (Å²) in [7, 11) is 0. The van der Waals surface area contributed by atoms with Crippen molar-refractivity contribution in [3.8, 4) is 5.75 Å². The molecule has 1 N–H and O–H groups in total. The van der Waals surface area contributed by atoms with Crippen molar-refractivity contribution in [1.82, 2.24) is 10.3 Å². The number of rotatable bonds is 9. The number of halogens is 1. The van der Waals surface area contributed by atoms with E-state index in [4.69, 9.17) is 25.5 Å². The second-order valence-electron chi connectivity index (χ2n) is 10.5. The molecule has 2 aromatic carbocycles. The van der Waals surface area contributed by atoms with Gasteiger partial charge in [0.05, 0.1) is 41.3 Å². The third kappa shape index (κ3) is 5.96. The summed E-state index contributed by atoms with van der Waals surface area (Å²) in [5.74, 6) is -2.07. The minimum atomic E-state index is -0.796. The van der Waals surface area contributed by atoms with Gasteiger partial charge in [0, 0.05) is 54.6 Å². The molecule has 4 aromatic rings. The number of anilines is 2. The van der Waals surface area contributed by atoms with Crippen molar-refractivity contribution in [2.24, 2.45) is 0 Å². The van der Waals surface area contributed by atoms with E-state index in [0.717, 1.165) is 24.2 Å². The van der Waals surface area contributed by atoms with Gasteiger partial charge in [-0.1, -0.05) is 23.7 Å². The van der Waals surface area contributed by atoms with Crippen molar-refractivity contribution in [2.75, 3.05) is 36.0 Å². The van der Waals surface area contributed by atoms with E-state index < -0.39 is 17.8 Å². The monoisotopic (exact) mass is 616 g/mol. The van der Waals surface area contributed by atoms with Crippen LogP contribution < -0.4 is 19.9 Å². The number of nitrogens with zero attached hydrogens (tertiary/aromatic N) is 3. The Labute approximate surface area is 257 Å². The molecule has 1 fully saturated rings. The number of ether oxygens (including phenoxy) is 2. The molecule has 0 spiro atoms. The summed E-state index contributed by atoms with van der Waals surface area (Å²) >= 11 is 6.43. The van der Waals surface area contributed by atoms with Crippen LogP contribution in [0.1, 0.15) is 46.0 Å². The van der Waals surface area contributed by atoms with Gasteiger partial charge in [0.15, 0.2) is 0 Å². The first kappa shape index (κ1) is 29.2. The Hall–Kier alpha value is -4.90. The molecule has 0 radical (unpaired) electrons. The minimum absolute atomic E-state index is 0.0207. The fourth-order valence-electron chi connectivity index (χ4n) is 5.31. The highest BCUT2D eigenvalue weighted by Crippen LogP contribution is 2.40. The molecule has 0 bridgehead atoms. The smallest absolute Gasteiger partial charge is 0.345 e. The van der Waals surface area contributed by atoms with Gasteiger partial charge in [0.1, 0.15) is 23.4 Å². The number of furan rings is 1. The molecule has 1 aliphatic carbocycles. The molecular weight excluding hydrogens is 588 g/mol. The van der Waals surface area contributed by atoms with Crippen LogP contribution in [0.4, 0.5) is 11.4 Å². The number of pyridine rings is 1. The first-order chi connectivity index (χ1) is 21.3. The zero-order valence-electron chi connectivity index (χ0n) is 23.9. The maximum absolute atomic E-state index is 13.9. The van der Waals surface area contributed by atoms with E-state index >= 15 is 0 Å². The highest BCUT2D eigenvalue weighted by Gasteiger charge is 2.36. The topological polar surface area (TPSA) is 131 Å². The van der Waals surface area contributed by atoms with Gasteiger partial charge < -0.3 is 29.0 Å². The number of nitrogens with one attached hydrogen (secondary N) is 1. The average molecular weight is 617 g/mol. The number of fused-ring (bicyclic) bond motifs is 2. The first-order valence-corrected chi connectivity index (χ1v) is 14.7. The van der Waals surface area contributed by atoms with Gasteiger partial charge in [-0.05, 0) is 38.0 Å². The highest BCUT2D eigenvalue weighted by molar-refractivity contribution is 6.34. The predicted octanol–water partition coefficient (Wildman–Crippen LogP) is 4.55. The Morgan fingerprint density at radius 2 is 1.86 bits per heavy atom. The van der Waals surface area contributed by atoms with Gasteiger partial charge in [0.2, 0.25) is 5.91 Å². The summed E-state index contributed by atoms with van der Waals surface area (Å²) in [6.45, 7) is 2.80.